The largest absolute Gasteiger partial charge is 0.431 e. The standard InChI is InChI=1S/C19H17BrN4OS2/c1-24(2)19(26)25-17-10-15(20)9-8-14(17)11-21-23-18-22-16(12-27-18)13-6-4-3-5-7-13/h3-12H,1-2H3,(H,22,23). The molecule has 0 fully saturated rings. The maximum Gasteiger partial charge on any atom is 0.264 e. The summed E-state index contributed by atoms with van der Waals surface area (Å²) in [5.74, 6) is 0.623. The van der Waals surface area contributed by atoms with E-state index in [0.717, 1.165) is 21.3 Å². The number of nitrogens with zero attached hydrogens (tertiary/aromatic N) is 3. The van der Waals surface area contributed by atoms with Crippen molar-refractivity contribution in [2.75, 3.05) is 19.5 Å². The molecule has 0 radical (unpaired) electrons. The van der Waals surface area contributed by atoms with Gasteiger partial charge in [0.2, 0.25) is 5.13 Å². The fourth-order valence-electron chi connectivity index (χ4n) is 2.11. The van der Waals surface area contributed by atoms with Crippen molar-refractivity contribution in [2.24, 2.45) is 5.10 Å². The van der Waals surface area contributed by atoms with Crippen LogP contribution in [-0.2, 0) is 0 Å². The Hall–Kier alpha value is -2.29. The molecule has 27 heavy (non-hydrogen) atoms. The van der Waals surface area contributed by atoms with E-state index in [-0.39, 0.29) is 0 Å². The molecule has 3 aromatic rings. The van der Waals surface area contributed by atoms with E-state index in [4.69, 9.17) is 17.0 Å². The number of thiocarbonyl (C=S) groups is 1. The Morgan fingerprint density at radius 2 is 2.04 bits per heavy atom. The minimum absolute atomic E-state index is 0.378. The van der Waals surface area contributed by atoms with Crippen molar-refractivity contribution in [2.45, 2.75) is 0 Å². The number of hydrazone groups is 1. The Morgan fingerprint density at radius 1 is 1.26 bits per heavy atom. The Balaban J connectivity index is 1.71. The van der Waals surface area contributed by atoms with Gasteiger partial charge in [0.15, 0.2) is 0 Å². The second-order valence-corrected chi connectivity index (χ2v) is 7.84. The fraction of sp³-hybridized carbons (Fsp3) is 0.105. The van der Waals surface area contributed by atoms with Crippen LogP contribution in [0, 0.1) is 0 Å². The van der Waals surface area contributed by atoms with Crippen LogP contribution in [0.25, 0.3) is 11.3 Å². The van der Waals surface area contributed by atoms with Crippen LogP contribution < -0.4 is 10.2 Å². The molecular formula is C19H17BrN4OS2. The summed E-state index contributed by atoms with van der Waals surface area (Å²) in [5, 5.41) is 7.37. The number of benzene rings is 2. The molecule has 5 nitrogen and oxygen atoms in total. The molecule has 0 amide bonds. The van der Waals surface area contributed by atoms with Crippen molar-refractivity contribution in [1.82, 2.24) is 9.88 Å². The quantitative estimate of drug-likeness (QED) is 0.320. The molecule has 8 heteroatoms. The molecule has 1 aromatic heterocycles. The van der Waals surface area contributed by atoms with Crippen molar-refractivity contribution in [3.63, 3.8) is 0 Å². The molecule has 0 spiro atoms. The van der Waals surface area contributed by atoms with Gasteiger partial charge >= 0.3 is 0 Å². The van der Waals surface area contributed by atoms with Gasteiger partial charge in [-0.05, 0) is 30.4 Å². The summed E-state index contributed by atoms with van der Waals surface area (Å²) in [7, 11) is 3.67. The topological polar surface area (TPSA) is 49.8 Å². The lowest BCUT2D eigenvalue weighted by Crippen LogP contribution is -2.25. The van der Waals surface area contributed by atoms with Crippen molar-refractivity contribution >= 4 is 56.0 Å². The molecule has 0 atom stereocenters. The number of hydrogen-bond acceptors (Lipinski definition) is 6. The van der Waals surface area contributed by atoms with Crippen molar-refractivity contribution in [3.8, 4) is 17.0 Å². The predicted octanol–water partition coefficient (Wildman–Crippen LogP) is 5.24. The lowest BCUT2D eigenvalue weighted by Gasteiger charge is -2.15. The Morgan fingerprint density at radius 3 is 2.78 bits per heavy atom. The number of rotatable bonds is 5. The van der Waals surface area contributed by atoms with Crippen molar-refractivity contribution in [3.05, 3.63) is 63.9 Å². The van der Waals surface area contributed by atoms with Gasteiger partial charge in [-0.2, -0.15) is 5.10 Å². The van der Waals surface area contributed by atoms with E-state index >= 15 is 0 Å². The molecule has 2 aromatic carbocycles. The maximum absolute atomic E-state index is 5.75. The van der Waals surface area contributed by atoms with Crippen LogP contribution in [-0.4, -0.2) is 35.4 Å². The average Bonchev–Trinajstić information content (AvgIpc) is 3.13. The van der Waals surface area contributed by atoms with E-state index in [0.29, 0.717) is 16.1 Å². The summed E-state index contributed by atoms with van der Waals surface area (Å²) in [6.07, 6.45) is 1.68. The third kappa shape index (κ3) is 5.35. The summed E-state index contributed by atoms with van der Waals surface area (Å²) in [6.45, 7) is 0. The minimum atomic E-state index is 0.378. The van der Waals surface area contributed by atoms with Crippen LogP contribution >= 0.6 is 39.5 Å². The SMILES string of the molecule is CN(C)C(=S)Oc1cc(Br)ccc1C=NNc1nc(-c2ccccc2)cs1. The van der Waals surface area contributed by atoms with Crippen LogP contribution in [0.4, 0.5) is 5.13 Å². The molecule has 1 heterocycles. The second kappa shape index (κ2) is 9.07. The number of hydrogen-bond donors (Lipinski definition) is 1. The number of halogens is 1. The molecule has 0 saturated heterocycles. The number of anilines is 1. The summed E-state index contributed by atoms with van der Waals surface area (Å²) >= 11 is 10.2. The van der Waals surface area contributed by atoms with E-state index in [1.807, 2.05) is 68.0 Å². The van der Waals surface area contributed by atoms with Crippen LogP contribution in [0.3, 0.4) is 0 Å². The summed E-state index contributed by atoms with van der Waals surface area (Å²) in [4.78, 5) is 6.28. The summed E-state index contributed by atoms with van der Waals surface area (Å²) in [5.41, 5.74) is 5.76. The zero-order valence-electron chi connectivity index (χ0n) is 14.7. The van der Waals surface area contributed by atoms with E-state index < -0.39 is 0 Å². The van der Waals surface area contributed by atoms with Gasteiger partial charge in [0.05, 0.1) is 11.9 Å². The third-order valence-corrected chi connectivity index (χ3v) is 5.16. The van der Waals surface area contributed by atoms with Gasteiger partial charge in [-0.1, -0.05) is 46.3 Å². The van der Waals surface area contributed by atoms with E-state index in [9.17, 15) is 0 Å². The molecule has 138 valence electrons. The molecule has 0 aliphatic heterocycles. The first-order valence-corrected chi connectivity index (χ1v) is 10.1. The number of nitrogens with one attached hydrogen (secondary N) is 1. The Bertz CT molecular complexity index is 957. The molecule has 0 unspecified atom stereocenters. The van der Waals surface area contributed by atoms with Gasteiger partial charge in [-0.15, -0.1) is 11.3 Å². The highest BCUT2D eigenvalue weighted by Crippen LogP contribution is 2.25. The third-order valence-electron chi connectivity index (χ3n) is 3.48. The van der Waals surface area contributed by atoms with Gasteiger partial charge in [0.1, 0.15) is 5.75 Å². The first-order valence-electron chi connectivity index (χ1n) is 8.01. The smallest absolute Gasteiger partial charge is 0.264 e. The zero-order chi connectivity index (χ0) is 19.2. The highest BCUT2D eigenvalue weighted by atomic mass is 79.9. The van der Waals surface area contributed by atoms with Gasteiger partial charge in [-0.25, -0.2) is 4.98 Å². The minimum Gasteiger partial charge on any atom is -0.431 e. The second-order valence-electron chi connectivity index (χ2n) is 5.72. The molecule has 1 N–H and O–H groups in total. The Labute approximate surface area is 175 Å². The maximum atomic E-state index is 5.75. The van der Waals surface area contributed by atoms with Crippen LogP contribution in [0.1, 0.15) is 5.56 Å². The number of ether oxygens (including phenoxy) is 1. The van der Waals surface area contributed by atoms with Gasteiger partial charge < -0.3 is 9.64 Å². The van der Waals surface area contributed by atoms with Gasteiger partial charge in [0.25, 0.3) is 5.17 Å². The fourth-order valence-corrected chi connectivity index (χ4v) is 3.21. The van der Waals surface area contributed by atoms with Gasteiger partial charge in [-0.3, -0.25) is 5.43 Å². The number of aromatic nitrogens is 1. The molecular weight excluding hydrogens is 444 g/mol. The normalized spacial score (nSPS) is 10.8. The Kier molecular flexibility index (Phi) is 6.54. The van der Waals surface area contributed by atoms with Crippen LogP contribution in [0.2, 0.25) is 0 Å². The van der Waals surface area contributed by atoms with Crippen LogP contribution in [0.5, 0.6) is 5.75 Å². The average molecular weight is 461 g/mol. The zero-order valence-corrected chi connectivity index (χ0v) is 17.9. The summed E-state index contributed by atoms with van der Waals surface area (Å²) in [6, 6.07) is 15.7. The molecule has 0 bridgehead atoms. The lowest BCUT2D eigenvalue weighted by atomic mass is 10.2. The highest BCUT2D eigenvalue weighted by Gasteiger charge is 2.08. The molecule has 3 rings (SSSR count). The first kappa shape index (κ1) is 19.5. The van der Waals surface area contributed by atoms with Crippen molar-refractivity contribution in [1.29, 1.82) is 0 Å². The molecule has 0 aliphatic rings. The lowest BCUT2D eigenvalue weighted by molar-refractivity contribution is 0.449. The van der Waals surface area contributed by atoms with E-state index in [1.165, 1.54) is 11.3 Å². The predicted molar refractivity (Wildman–Crippen MR) is 120 cm³/mol. The highest BCUT2D eigenvalue weighted by molar-refractivity contribution is 9.10. The number of thiazole rings is 1. The van der Waals surface area contributed by atoms with Crippen molar-refractivity contribution < 1.29 is 4.74 Å². The van der Waals surface area contributed by atoms with E-state index in [1.54, 1.807) is 11.1 Å². The van der Waals surface area contributed by atoms with E-state index in [2.05, 4.69) is 31.4 Å². The summed E-state index contributed by atoms with van der Waals surface area (Å²) < 4.78 is 6.65. The monoisotopic (exact) mass is 460 g/mol. The molecule has 0 aliphatic carbocycles. The van der Waals surface area contributed by atoms with Gasteiger partial charge in [0, 0.05) is 35.1 Å². The molecule has 0 saturated carbocycles. The van der Waals surface area contributed by atoms with Crippen LogP contribution in [0.15, 0.2) is 63.5 Å². The first-order chi connectivity index (χ1) is 13.0.